The van der Waals surface area contributed by atoms with Crippen molar-refractivity contribution in [3.8, 4) is 6.07 Å². The second-order valence-electron chi connectivity index (χ2n) is 6.27. The number of rotatable bonds is 6. The molecule has 0 saturated heterocycles. The van der Waals surface area contributed by atoms with Crippen molar-refractivity contribution >= 4 is 11.6 Å². The summed E-state index contributed by atoms with van der Waals surface area (Å²) >= 11 is 0. The van der Waals surface area contributed by atoms with Crippen molar-refractivity contribution in [1.29, 1.82) is 5.26 Å². The molecule has 0 bridgehead atoms. The van der Waals surface area contributed by atoms with Crippen LogP contribution in [-0.2, 0) is 4.79 Å². The predicted molar refractivity (Wildman–Crippen MR) is 83.9 cm³/mol. The third kappa shape index (κ3) is 3.98. The average Bonchev–Trinajstić information content (AvgIpc) is 3.30. The molecule has 0 aliphatic heterocycles. The Morgan fingerprint density at radius 1 is 1.38 bits per heavy atom. The molecule has 1 fully saturated rings. The van der Waals surface area contributed by atoms with Gasteiger partial charge in [-0.15, -0.1) is 0 Å². The summed E-state index contributed by atoms with van der Waals surface area (Å²) in [6, 6.07) is 10.3. The molecule has 0 heterocycles. The molecule has 4 heteroatoms. The van der Waals surface area contributed by atoms with Crippen molar-refractivity contribution in [3.05, 3.63) is 29.8 Å². The lowest BCUT2D eigenvalue weighted by Crippen LogP contribution is -2.48. The maximum Gasteiger partial charge on any atom is 0.240 e. The van der Waals surface area contributed by atoms with E-state index in [1.165, 1.54) is 5.56 Å². The number of carbonyl (C=O) groups excluding carboxylic acids is 1. The van der Waals surface area contributed by atoms with Gasteiger partial charge in [-0.2, -0.15) is 5.26 Å². The van der Waals surface area contributed by atoms with Crippen LogP contribution in [0.5, 0.6) is 0 Å². The monoisotopic (exact) mass is 285 g/mol. The zero-order valence-electron chi connectivity index (χ0n) is 12.9. The Labute approximate surface area is 126 Å². The van der Waals surface area contributed by atoms with Gasteiger partial charge in [0.2, 0.25) is 5.91 Å². The van der Waals surface area contributed by atoms with Crippen molar-refractivity contribution in [1.82, 2.24) is 5.32 Å². The number of hydrogen-bond acceptors (Lipinski definition) is 3. The molecule has 1 aromatic carbocycles. The van der Waals surface area contributed by atoms with Gasteiger partial charge in [-0.25, -0.2) is 0 Å². The lowest BCUT2D eigenvalue weighted by Gasteiger charge is -2.23. The van der Waals surface area contributed by atoms with Gasteiger partial charge in [0, 0.05) is 5.69 Å². The van der Waals surface area contributed by atoms with E-state index in [0.29, 0.717) is 11.8 Å². The predicted octanol–water partition coefficient (Wildman–Crippen LogP) is 3.03. The minimum atomic E-state index is -0.722. The van der Waals surface area contributed by atoms with E-state index in [0.717, 1.165) is 18.5 Å². The Hall–Kier alpha value is -2.02. The van der Waals surface area contributed by atoms with Crippen LogP contribution in [0.1, 0.15) is 45.1 Å². The molecular formula is C17H23N3O. The first-order valence-corrected chi connectivity index (χ1v) is 7.50. The van der Waals surface area contributed by atoms with Crippen LogP contribution >= 0.6 is 0 Å². The highest BCUT2D eigenvalue weighted by Gasteiger charge is 2.42. The number of anilines is 1. The van der Waals surface area contributed by atoms with Crippen LogP contribution in [0.15, 0.2) is 24.3 Å². The zero-order valence-corrected chi connectivity index (χ0v) is 12.9. The van der Waals surface area contributed by atoms with Gasteiger partial charge in [-0.05, 0) is 49.3 Å². The molecule has 0 aromatic heterocycles. The van der Waals surface area contributed by atoms with Crippen LogP contribution in [0.25, 0.3) is 0 Å². The maximum atomic E-state index is 12.0. The fraction of sp³-hybridized carbons (Fsp3) is 0.529. The van der Waals surface area contributed by atoms with Crippen LogP contribution in [0, 0.1) is 17.2 Å². The summed E-state index contributed by atoms with van der Waals surface area (Å²) in [7, 11) is 0. The topological polar surface area (TPSA) is 64.9 Å². The summed E-state index contributed by atoms with van der Waals surface area (Å²) in [6.45, 7) is 6.29. The maximum absolute atomic E-state index is 12.0. The molecule has 1 aromatic rings. The summed E-state index contributed by atoms with van der Waals surface area (Å²) in [5.41, 5.74) is 1.47. The van der Waals surface area contributed by atoms with Gasteiger partial charge in [0.1, 0.15) is 5.54 Å². The summed E-state index contributed by atoms with van der Waals surface area (Å²) in [5, 5.41) is 15.2. The highest BCUT2D eigenvalue weighted by atomic mass is 16.2. The second kappa shape index (κ2) is 6.17. The van der Waals surface area contributed by atoms with E-state index in [9.17, 15) is 10.1 Å². The normalized spacial score (nSPS) is 16.9. The number of nitriles is 1. The lowest BCUT2D eigenvalue weighted by molar-refractivity contribution is -0.120. The number of nitrogens with one attached hydrogen (secondary N) is 2. The Bertz CT molecular complexity index is 540. The van der Waals surface area contributed by atoms with E-state index >= 15 is 0 Å². The van der Waals surface area contributed by atoms with Gasteiger partial charge >= 0.3 is 0 Å². The van der Waals surface area contributed by atoms with Crippen LogP contribution in [-0.4, -0.2) is 18.0 Å². The van der Waals surface area contributed by atoms with Crippen LogP contribution in [0.2, 0.25) is 0 Å². The fourth-order valence-corrected chi connectivity index (χ4v) is 2.38. The Kier molecular flexibility index (Phi) is 4.52. The molecule has 2 N–H and O–H groups in total. The minimum absolute atomic E-state index is 0.140. The number of carbonyl (C=O) groups is 1. The SMILES string of the molecule is CC(C)c1ccc(NCC(=O)NC(C)(C#N)C2CC2)cc1. The largest absolute Gasteiger partial charge is 0.376 e. The quantitative estimate of drug-likeness (QED) is 0.844. The van der Waals surface area contributed by atoms with Crippen molar-refractivity contribution in [2.45, 2.75) is 45.1 Å². The van der Waals surface area contributed by atoms with Crippen LogP contribution in [0.4, 0.5) is 5.69 Å². The molecule has 2 rings (SSSR count). The van der Waals surface area contributed by atoms with Crippen molar-refractivity contribution in [2.75, 3.05) is 11.9 Å². The molecule has 1 unspecified atom stereocenters. The summed E-state index contributed by atoms with van der Waals surface area (Å²) in [4.78, 5) is 12.0. The van der Waals surface area contributed by atoms with Crippen molar-refractivity contribution < 1.29 is 4.79 Å². The molecule has 1 amide bonds. The van der Waals surface area contributed by atoms with E-state index in [-0.39, 0.29) is 12.5 Å². The number of amides is 1. The van der Waals surface area contributed by atoms with E-state index in [2.05, 4.69) is 42.7 Å². The standard InChI is InChI=1S/C17H23N3O/c1-12(2)13-4-8-15(9-5-13)19-10-16(21)20-17(3,11-18)14-6-7-14/h4-5,8-9,12,14,19H,6-7,10H2,1-3H3,(H,20,21). The van der Waals surface area contributed by atoms with Gasteiger partial charge in [0.25, 0.3) is 0 Å². The number of hydrogen-bond donors (Lipinski definition) is 2. The highest BCUT2D eigenvalue weighted by molar-refractivity contribution is 5.81. The van der Waals surface area contributed by atoms with Gasteiger partial charge in [-0.3, -0.25) is 4.79 Å². The third-order valence-electron chi connectivity index (χ3n) is 4.06. The molecule has 1 saturated carbocycles. The summed E-state index contributed by atoms with van der Waals surface area (Å²) in [6.07, 6.45) is 2.04. The van der Waals surface area contributed by atoms with E-state index < -0.39 is 5.54 Å². The molecule has 1 aliphatic rings. The molecular weight excluding hydrogens is 262 g/mol. The molecule has 21 heavy (non-hydrogen) atoms. The van der Waals surface area contributed by atoms with Crippen LogP contribution in [0.3, 0.4) is 0 Å². The third-order valence-corrected chi connectivity index (χ3v) is 4.06. The zero-order chi connectivity index (χ0) is 15.5. The molecule has 0 spiro atoms. The Balaban J connectivity index is 1.85. The van der Waals surface area contributed by atoms with Crippen molar-refractivity contribution in [2.24, 2.45) is 5.92 Å². The molecule has 0 radical (unpaired) electrons. The molecule has 4 nitrogen and oxygen atoms in total. The first kappa shape index (κ1) is 15.4. The van der Waals surface area contributed by atoms with Crippen molar-refractivity contribution in [3.63, 3.8) is 0 Å². The minimum Gasteiger partial charge on any atom is -0.376 e. The first-order valence-electron chi connectivity index (χ1n) is 7.50. The Morgan fingerprint density at radius 3 is 2.48 bits per heavy atom. The highest BCUT2D eigenvalue weighted by Crippen LogP contribution is 2.39. The van der Waals surface area contributed by atoms with E-state index in [1.807, 2.05) is 12.1 Å². The summed E-state index contributed by atoms with van der Waals surface area (Å²) < 4.78 is 0. The molecule has 112 valence electrons. The van der Waals surface area contributed by atoms with E-state index in [1.54, 1.807) is 6.92 Å². The fourth-order valence-electron chi connectivity index (χ4n) is 2.38. The van der Waals surface area contributed by atoms with E-state index in [4.69, 9.17) is 0 Å². The van der Waals surface area contributed by atoms with Gasteiger partial charge < -0.3 is 10.6 Å². The first-order chi connectivity index (χ1) is 9.94. The summed E-state index contributed by atoms with van der Waals surface area (Å²) in [5.74, 6) is 0.660. The van der Waals surface area contributed by atoms with Gasteiger partial charge in [0.15, 0.2) is 0 Å². The molecule has 1 aliphatic carbocycles. The Morgan fingerprint density at radius 2 is 2.00 bits per heavy atom. The average molecular weight is 285 g/mol. The lowest BCUT2D eigenvalue weighted by atomic mass is 9.98. The second-order valence-corrected chi connectivity index (χ2v) is 6.27. The number of nitrogens with zero attached hydrogens (tertiary/aromatic N) is 1. The van der Waals surface area contributed by atoms with Gasteiger partial charge in [-0.1, -0.05) is 26.0 Å². The smallest absolute Gasteiger partial charge is 0.240 e. The number of benzene rings is 1. The van der Waals surface area contributed by atoms with Gasteiger partial charge in [0.05, 0.1) is 12.6 Å². The van der Waals surface area contributed by atoms with Crippen LogP contribution < -0.4 is 10.6 Å². The molecule has 1 atom stereocenters.